The van der Waals surface area contributed by atoms with E-state index in [-0.39, 0.29) is 0 Å². The third-order valence-corrected chi connectivity index (χ3v) is 3.51. The van der Waals surface area contributed by atoms with Crippen molar-refractivity contribution in [1.29, 1.82) is 0 Å². The monoisotopic (exact) mass is 229 g/mol. The van der Waals surface area contributed by atoms with E-state index in [1.165, 1.54) is 42.4 Å². The Kier molecular flexibility index (Phi) is 3.12. The van der Waals surface area contributed by atoms with Gasteiger partial charge >= 0.3 is 0 Å². The van der Waals surface area contributed by atoms with Gasteiger partial charge in [-0.1, -0.05) is 18.2 Å². The maximum atomic E-state index is 3.50. The van der Waals surface area contributed by atoms with Crippen LogP contribution in [-0.2, 0) is 6.42 Å². The molecule has 1 saturated heterocycles. The SMILES string of the molecule is c1ccc2c(CCNN3CCCC3)c[nH]c2c1. The minimum Gasteiger partial charge on any atom is -0.361 e. The Morgan fingerprint density at radius 1 is 1.18 bits per heavy atom. The number of nitrogens with one attached hydrogen (secondary N) is 2. The fourth-order valence-electron chi connectivity index (χ4n) is 2.56. The van der Waals surface area contributed by atoms with Crippen molar-refractivity contribution in [3.05, 3.63) is 36.0 Å². The van der Waals surface area contributed by atoms with Crippen LogP contribution in [0.4, 0.5) is 0 Å². The molecule has 3 rings (SSSR count). The van der Waals surface area contributed by atoms with Crippen LogP contribution < -0.4 is 5.43 Å². The fraction of sp³-hybridized carbons (Fsp3) is 0.429. The molecule has 3 nitrogen and oxygen atoms in total. The summed E-state index contributed by atoms with van der Waals surface area (Å²) in [5.74, 6) is 0. The summed E-state index contributed by atoms with van der Waals surface area (Å²) in [5.41, 5.74) is 6.15. The fourth-order valence-corrected chi connectivity index (χ4v) is 2.56. The van der Waals surface area contributed by atoms with Crippen LogP contribution in [0.1, 0.15) is 18.4 Å². The molecule has 90 valence electrons. The van der Waals surface area contributed by atoms with Crippen LogP contribution in [0.2, 0.25) is 0 Å². The Morgan fingerprint density at radius 3 is 2.88 bits per heavy atom. The second-order valence-corrected chi connectivity index (χ2v) is 4.71. The highest BCUT2D eigenvalue weighted by Crippen LogP contribution is 2.17. The van der Waals surface area contributed by atoms with Crippen molar-refractivity contribution < 1.29 is 0 Å². The lowest BCUT2D eigenvalue weighted by Crippen LogP contribution is -2.36. The predicted molar refractivity (Wildman–Crippen MR) is 70.8 cm³/mol. The molecule has 0 spiro atoms. The molecule has 1 fully saturated rings. The van der Waals surface area contributed by atoms with Crippen LogP contribution in [-0.4, -0.2) is 29.6 Å². The van der Waals surface area contributed by atoms with Crippen LogP contribution in [0.5, 0.6) is 0 Å². The molecule has 1 aromatic heterocycles. The maximum Gasteiger partial charge on any atom is 0.0456 e. The number of H-pyrrole nitrogens is 1. The molecule has 0 amide bonds. The maximum absolute atomic E-state index is 3.50. The number of nitrogens with zero attached hydrogens (tertiary/aromatic N) is 1. The Morgan fingerprint density at radius 2 is 2.00 bits per heavy atom. The molecule has 0 bridgehead atoms. The number of hydrogen-bond acceptors (Lipinski definition) is 2. The molecule has 0 saturated carbocycles. The van der Waals surface area contributed by atoms with Crippen LogP contribution >= 0.6 is 0 Å². The van der Waals surface area contributed by atoms with Gasteiger partial charge in [-0.3, -0.25) is 5.43 Å². The first kappa shape index (κ1) is 10.8. The highest BCUT2D eigenvalue weighted by atomic mass is 15.5. The number of benzene rings is 1. The highest BCUT2D eigenvalue weighted by molar-refractivity contribution is 5.83. The minimum atomic E-state index is 1.03. The second kappa shape index (κ2) is 4.90. The number of aromatic nitrogens is 1. The zero-order chi connectivity index (χ0) is 11.5. The van der Waals surface area contributed by atoms with Gasteiger partial charge in [-0.05, 0) is 30.9 Å². The summed E-state index contributed by atoms with van der Waals surface area (Å²) in [5, 5.41) is 3.70. The van der Waals surface area contributed by atoms with Crippen LogP contribution in [0.3, 0.4) is 0 Å². The van der Waals surface area contributed by atoms with Crippen molar-refractivity contribution in [2.75, 3.05) is 19.6 Å². The number of fused-ring (bicyclic) bond motifs is 1. The molecular formula is C14H19N3. The van der Waals surface area contributed by atoms with E-state index >= 15 is 0 Å². The predicted octanol–water partition coefficient (Wildman–Crippen LogP) is 2.31. The van der Waals surface area contributed by atoms with Crippen molar-refractivity contribution in [3.8, 4) is 0 Å². The average Bonchev–Trinajstić information content (AvgIpc) is 2.99. The topological polar surface area (TPSA) is 31.1 Å². The molecule has 1 aliphatic rings. The summed E-state index contributed by atoms with van der Waals surface area (Å²) in [7, 11) is 0. The third kappa shape index (κ3) is 2.35. The van der Waals surface area contributed by atoms with Crippen LogP contribution in [0.15, 0.2) is 30.5 Å². The largest absolute Gasteiger partial charge is 0.361 e. The summed E-state index contributed by atoms with van der Waals surface area (Å²) in [6.07, 6.45) is 5.89. The average molecular weight is 229 g/mol. The molecule has 17 heavy (non-hydrogen) atoms. The lowest BCUT2D eigenvalue weighted by atomic mass is 10.1. The summed E-state index contributed by atoms with van der Waals surface area (Å²) in [6, 6.07) is 8.50. The van der Waals surface area contributed by atoms with Gasteiger partial charge in [-0.25, -0.2) is 5.01 Å². The van der Waals surface area contributed by atoms with Gasteiger partial charge in [0.25, 0.3) is 0 Å². The lowest BCUT2D eigenvalue weighted by molar-refractivity contribution is 0.238. The molecule has 0 radical (unpaired) electrons. The molecular weight excluding hydrogens is 210 g/mol. The summed E-state index contributed by atoms with van der Waals surface area (Å²) >= 11 is 0. The van der Waals surface area contributed by atoms with Crippen LogP contribution in [0, 0.1) is 0 Å². The van der Waals surface area contributed by atoms with Gasteiger partial charge in [0.15, 0.2) is 0 Å². The Hall–Kier alpha value is -1.32. The van der Waals surface area contributed by atoms with E-state index in [1.54, 1.807) is 0 Å². The first-order valence-corrected chi connectivity index (χ1v) is 6.47. The van der Waals surface area contributed by atoms with Crippen molar-refractivity contribution in [3.63, 3.8) is 0 Å². The second-order valence-electron chi connectivity index (χ2n) is 4.71. The number of hydrazine groups is 1. The molecule has 1 aromatic carbocycles. The van der Waals surface area contributed by atoms with Gasteiger partial charge in [0, 0.05) is 36.7 Å². The van der Waals surface area contributed by atoms with Crippen molar-refractivity contribution in [2.45, 2.75) is 19.3 Å². The molecule has 3 heteroatoms. The summed E-state index contributed by atoms with van der Waals surface area (Å²) < 4.78 is 0. The van der Waals surface area contributed by atoms with E-state index in [4.69, 9.17) is 0 Å². The zero-order valence-electron chi connectivity index (χ0n) is 10.1. The quantitative estimate of drug-likeness (QED) is 0.843. The van der Waals surface area contributed by atoms with Crippen molar-refractivity contribution in [2.24, 2.45) is 0 Å². The van der Waals surface area contributed by atoms with Gasteiger partial charge in [-0.2, -0.15) is 0 Å². The van der Waals surface area contributed by atoms with Gasteiger partial charge in [0.1, 0.15) is 0 Å². The van der Waals surface area contributed by atoms with Gasteiger partial charge < -0.3 is 4.98 Å². The number of aromatic amines is 1. The molecule has 2 N–H and O–H groups in total. The smallest absolute Gasteiger partial charge is 0.0456 e. The van der Waals surface area contributed by atoms with E-state index in [1.807, 2.05) is 0 Å². The first-order valence-electron chi connectivity index (χ1n) is 6.47. The Labute approximate surface area is 102 Å². The molecule has 0 aliphatic carbocycles. The first-order chi connectivity index (χ1) is 8.43. The van der Waals surface area contributed by atoms with Gasteiger partial charge in [0.05, 0.1) is 0 Å². The van der Waals surface area contributed by atoms with Crippen molar-refractivity contribution in [1.82, 2.24) is 15.4 Å². The molecule has 0 atom stereocenters. The normalized spacial score (nSPS) is 16.9. The van der Waals surface area contributed by atoms with E-state index in [0.717, 1.165) is 13.0 Å². The Balaban J connectivity index is 1.60. The standard InChI is InChI=1S/C14H19N3/c1-2-6-14-13(5-1)12(11-15-14)7-8-16-17-9-3-4-10-17/h1-2,5-6,11,15-16H,3-4,7-10H2. The van der Waals surface area contributed by atoms with Crippen LogP contribution in [0.25, 0.3) is 10.9 Å². The number of rotatable bonds is 4. The zero-order valence-corrected chi connectivity index (χ0v) is 10.1. The van der Waals surface area contributed by atoms with E-state index in [9.17, 15) is 0 Å². The molecule has 0 unspecified atom stereocenters. The Bertz CT molecular complexity index is 483. The van der Waals surface area contributed by atoms with Crippen molar-refractivity contribution >= 4 is 10.9 Å². The van der Waals surface area contributed by atoms with E-state index in [0.29, 0.717) is 0 Å². The number of hydrogen-bond donors (Lipinski definition) is 2. The molecule has 2 heterocycles. The lowest BCUT2D eigenvalue weighted by Gasteiger charge is -2.15. The minimum absolute atomic E-state index is 1.03. The van der Waals surface area contributed by atoms with Gasteiger partial charge in [-0.15, -0.1) is 0 Å². The van der Waals surface area contributed by atoms with E-state index in [2.05, 4.69) is 45.9 Å². The molecule has 2 aromatic rings. The molecule has 1 aliphatic heterocycles. The van der Waals surface area contributed by atoms with Gasteiger partial charge in [0.2, 0.25) is 0 Å². The summed E-state index contributed by atoms with van der Waals surface area (Å²) in [4.78, 5) is 3.33. The van der Waals surface area contributed by atoms with E-state index < -0.39 is 0 Å². The number of para-hydroxylation sites is 1. The highest BCUT2D eigenvalue weighted by Gasteiger charge is 2.10. The third-order valence-electron chi connectivity index (χ3n) is 3.51. The summed E-state index contributed by atoms with van der Waals surface area (Å²) in [6.45, 7) is 3.43.